The van der Waals surface area contributed by atoms with Crippen LogP contribution in [0.5, 0.6) is 0 Å². The van der Waals surface area contributed by atoms with Crippen LogP contribution in [0, 0.1) is 19.7 Å². The monoisotopic (exact) mass is 469 g/mol. The van der Waals surface area contributed by atoms with Gasteiger partial charge in [0.05, 0.1) is 23.8 Å². The molecule has 1 aromatic carbocycles. The lowest BCUT2D eigenvalue weighted by atomic mass is 10.0. The van der Waals surface area contributed by atoms with Crippen molar-refractivity contribution in [1.29, 1.82) is 0 Å². The first-order valence-corrected chi connectivity index (χ1v) is 10.6. The second kappa shape index (κ2) is 8.75. The number of benzene rings is 1. The van der Waals surface area contributed by atoms with Crippen LogP contribution in [0.1, 0.15) is 32.9 Å². The summed E-state index contributed by atoms with van der Waals surface area (Å²) in [6.45, 7) is 2.95. The van der Waals surface area contributed by atoms with Crippen LogP contribution in [0.3, 0.4) is 0 Å². The van der Waals surface area contributed by atoms with Gasteiger partial charge in [-0.05, 0) is 43.7 Å². The maximum Gasteiger partial charge on any atom is 0.327 e. The molecule has 1 unspecified atom stereocenters. The standard InChI is InChI=1S/C23H24FN5O5/c1-11-18(7-16-15-6-13(24)4-5-17(15)27-21(16)32)26-12(2)20(11)22(33)25-8-14(30)9-29-19(31)10-28(3)23(29)34/h4-7,14,26,30H,8-10H2,1-3H3,(H,25,33)(H,27,32)/b16-7-. The Morgan fingerprint density at radius 2 is 2.03 bits per heavy atom. The second-order valence-corrected chi connectivity index (χ2v) is 8.37. The van der Waals surface area contributed by atoms with Crippen LogP contribution in [0.15, 0.2) is 18.2 Å². The molecule has 5 amide bonds. The Balaban J connectivity index is 1.48. The van der Waals surface area contributed by atoms with Gasteiger partial charge in [0.2, 0.25) is 5.91 Å². The van der Waals surface area contributed by atoms with Crippen molar-refractivity contribution in [2.24, 2.45) is 0 Å². The smallest absolute Gasteiger partial charge is 0.327 e. The van der Waals surface area contributed by atoms with Gasteiger partial charge in [-0.2, -0.15) is 0 Å². The fraction of sp³-hybridized carbons (Fsp3) is 0.304. The molecule has 1 saturated heterocycles. The van der Waals surface area contributed by atoms with E-state index in [2.05, 4.69) is 15.6 Å². The number of carbonyl (C=O) groups excluding carboxylic acids is 4. The number of urea groups is 1. The molecule has 10 nitrogen and oxygen atoms in total. The highest BCUT2D eigenvalue weighted by atomic mass is 19.1. The van der Waals surface area contributed by atoms with E-state index in [-0.39, 0.29) is 31.1 Å². The number of aryl methyl sites for hydroxylation is 1. The third-order valence-corrected chi connectivity index (χ3v) is 5.88. The normalized spacial score (nSPS) is 17.4. The Morgan fingerprint density at radius 3 is 2.71 bits per heavy atom. The number of fused-ring (bicyclic) bond motifs is 1. The molecule has 1 aromatic heterocycles. The van der Waals surface area contributed by atoms with Gasteiger partial charge in [-0.3, -0.25) is 19.3 Å². The van der Waals surface area contributed by atoms with E-state index < -0.39 is 29.8 Å². The maximum atomic E-state index is 13.7. The van der Waals surface area contributed by atoms with E-state index in [0.717, 1.165) is 4.90 Å². The van der Waals surface area contributed by atoms with E-state index in [0.29, 0.717) is 33.8 Å². The van der Waals surface area contributed by atoms with Crippen LogP contribution < -0.4 is 10.6 Å². The number of aliphatic hydroxyl groups excluding tert-OH is 1. The number of nitrogens with one attached hydrogen (secondary N) is 3. The van der Waals surface area contributed by atoms with E-state index in [9.17, 15) is 28.7 Å². The lowest BCUT2D eigenvalue weighted by Crippen LogP contribution is -2.43. The SMILES string of the molecule is Cc1[nH]c(/C=C2\C(=O)Nc3ccc(F)cc32)c(C)c1C(=O)NCC(O)CN1C(=O)CN(C)C1=O. The summed E-state index contributed by atoms with van der Waals surface area (Å²) in [6, 6.07) is 3.52. The Bertz CT molecular complexity index is 1250. The summed E-state index contributed by atoms with van der Waals surface area (Å²) in [5.74, 6) is -1.72. The molecule has 4 rings (SSSR count). The number of likely N-dealkylation sites (N-methyl/N-ethyl adjacent to an activating group) is 1. The average molecular weight is 469 g/mol. The van der Waals surface area contributed by atoms with Gasteiger partial charge in [0.15, 0.2) is 0 Å². The summed E-state index contributed by atoms with van der Waals surface area (Å²) >= 11 is 0. The van der Waals surface area contributed by atoms with E-state index in [1.165, 1.54) is 30.1 Å². The molecule has 1 fully saturated rings. The zero-order valence-electron chi connectivity index (χ0n) is 18.9. The van der Waals surface area contributed by atoms with Crippen molar-refractivity contribution >= 4 is 41.1 Å². The van der Waals surface area contributed by atoms with Crippen molar-refractivity contribution in [3.8, 4) is 0 Å². The van der Waals surface area contributed by atoms with Crippen LogP contribution in [-0.4, -0.2) is 76.4 Å². The number of β-amino-alcohol motifs (C(OH)–C–C–N with tert-alkyl or cyclic N) is 1. The number of anilines is 1. The molecule has 34 heavy (non-hydrogen) atoms. The molecular formula is C23H24FN5O5. The van der Waals surface area contributed by atoms with E-state index in [4.69, 9.17) is 0 Å². The van der Waals surface area contributed by atoms with Gasteiger partial charge in [0, 0.05) is 36.2 Å². The van der Waals surface area contributed by atoms with Crippen molar-refractivity contribution in [2.75, 3.05) is 32.0 Å². The largest absolute Gasteiger partial charge is 0.389 e. The number of aromatic amines is 1. The number of halogens is 1. The van der Waals surface area contributed by atoms with Gasteiger partial charge in [0.25, 0.3) is 11.8 Å². The molecule has 178 valence electrons. The third kappa shape index (κ3) is 4.17. The van der Waals surface area contributed by atoms with E-state index in [1.807, 2.05) is 0 Å². The molecule has 0 bridgehead atoms. The van der Waals surface area contributed by atoms with Crippen molar-refractivity contribution < 1.29 is 28.7 Å². The second-order valence-electron chi connectivity index (χ2n) is 8.37. The highest BCUT2D eigenvalue weighted by molar-refractivity contribution is 6.34. The summed E-state index contributed by atoms with van der Waals surface area (Å²) in [5.41, 5.74) is 3.17. The predicted molar refractivity (Wildman–Crippen MR) is 121 cm³/mol. The Kier molecular flexibility index (Phi) is 5.96. The first-order chi connectivity index (χ1) is 16.1. The van der Waals surface area contributed by atoms with Crippen LogP contribution in [0.2, 0.25) is 0 Å². The zero-order valence-corrected chi connectivity index (χ0v) is 18.9. The molecule has 0 spiro atoms. The number of hydrogen-bond donors (Lipinski definition) is 4. The van der Waals surface area contributed by atoms with E-state index in [1.54, 1.807) is 19.9 Å². The van der Waals surface area contributed by atoms with Crippen LogP contribution in [0.25, 0.3) is 11.6 Å². The number of imide groups is 1. The van der Waals surface area contributed by atoms with Crippen molar-refractivity contribution in [2.45, 2.75) is 20.0 Å². The topological polar surface area (TPSA) is 135 Å². The van der Waals surface area contributed by atoms with Crippen molar-refractivity contribution in [3.05, 3.63) is 52.1 Å². The molecule has 4 N–H and O–H groups in total. The number of hydrogen-bond acceptors (Lipinski definition) is 5. The number of nitrogens with zero attached hydrogens (tertiary/aromatic N) is 2. The van der Waals surface area contributed by atoms with Crippen LogP contribution >= 0.6 is 0 Å². The summed E-state index contributed by atoms with van der Waals surface area (Å²) in [5, 5.41) is 15.5. The molecule has 2 aromatic rings. The van der Waals surface area contributed by atoms with Crippen molar-refractivity contribution in [3.63, 3.8) is 0 Å². The molecule has 0 aliphatic carbocycles. The lowest BCUT2D eigenvalue weighted by Gasteiger charge is -2.18. The minimum atomic E-state index is -1.14. The molecule has 0 saturated carbocycles. The Labute approximate surface area is 194 Å². The number of aliphatic hydroxyl groups is 1. The number of H-pyrrole nitrogens is 1. The Morgan fingerprint density at radius 1 is 1.29 bits per heavy atom. The molecule has 0 radical (unpaired) electrons. The van der Waals surface area contributed by atoms with Gasteiger partial charge in [-0.1, -0.05) is 0 Å². The minimum absolute atomic E-state index is 0.0485. The average Bonchev–Trinajstić information content (AvgIpc) is 3.32. The third-order valence-electron chi connectivity index (χ3n) is 5.88. The predicted octanol–water partition coefficient (Wildman–Crippen LogP) is 1.25. The molecule has 2 aliphatic heterocycles. The summed E-state index contributed by atoms with van der Waals surface area (Å²) < 4.78 is 13.7. The van der Waals surface area contributed by atoms with Crippen LogP contribution in [0.4, 0.5) is 14.9 Å². The number of aromatic nitrogens is 1. The number of carbonyl (C=O) groups is 4. The number of rotatable bonds is 6. The molecular weight excluding hydrogens is 445 g/mol. The first-order valence-electron chi connectivity index (χ1n) is 10.6. The molecule has 11 heteroatoms. The maximum absolute atomic E-state index is 13.7. The lowest BCUT2D eigenvalue weighted by molar-refractivity contribution is -0.126. The van der Waals surface area contributed by atoms with Gasteiger partial charge in [-0.25, -0.2) is 9.18 Å². The van der Waals surface area contributed by atoms with Gasteiger partial charge >= 0.3 is 6.03 Å². The summed E-state index contributed by atoms with van der Waals surface area (Å²) in [4.78, 5) is 54.3. The highest BCUT2D eigenvalue weighted by Crippen LogP contribution is 2.34. The number of amides is 5. The zero-order chi connectivity index (χ0) is 24.7. The summed E-state index contributed by atoms with van der Waals surface area (Å²) in [7, 11) is 1.49. The van der Waals surface area contributed by atoms with Gasteiger partial charge in [-0.15, -0.1) is 0 Å². The molecule has 1 atom stereocenters. The highest BCUT2D eigenvalue weighted by Gasteiger charge is 2.34. The quantitative estimate of drug-likeness (QED) is 0.373. The van der Waals surface area contributed by atoms with Gasteiger partial charge < -0.3 is 25.6 Å². The first kappa shape index (κ1) is 23.2. The van der Waals surface area contributed by atoms with Crippen molar-refractivity contribution in [1.82, 2.24) is 20.1 Å². The summed E-state index contributed by atoms with van der Waals surface area (Å²) in [6.07, 6.45) is 0.424. The minimum Gasteiger partial charge on any atom is -0.389 e. The fourth-order valence-electron chi connectivity index (χ4n) is 4.13. The van der Waals surface area contributed by atoms with Gasteiger partial charge in [0.1, 0.15) is 12.4 Å². The van der Waals surface area contributed by atoms with Crippen LogP contribution in [-0.2, 0) is 9.59 Å². The van der Waals surface area contributed by atoms with E-state index >= 15 is 0 Å². The molecule has 2 aliphatic rings. The Hall–Kier alpha value is -3.99. The fourth-order valence-corrected chi connectivity index (χ4v) is 4.13. The molecule has 3 heterocycles.